The third kappa shape index (κ3) is 3.08. The van der Waals surface area contributed by atoms with Gasteiger partial charge >= 0.3 is 5.97 Å². The molecule has 1 rings (SSSR count). The topological polar surface area (TPSA) is 76.7 Å². The van der Waals surface area contributed by atoms with E-state index in [-0.39, 0.29) is 5.69 Å². The van der Waals surface area contributed by atoms with E-state index in [0.29, 0.717) is 5.69 Å². The molecule has 0 saturated heterocycles. The predicted octanol–water partition coefficient (Wildman–Crippen LogP) is 1.18. The lowest BCUT2D eigenvalue weighted by Crippen LogP contribution is -2.24. The number of esters is 1. The number of ether oxygens (including phenoxy) is 1. The third-order valence-electron chi connectivity index (χ3n) is 1.71. The van der Waals surface area contributed by atoms with Crippen molar-refractivity contribution in [3.63, 3.8) is 0 Å². The normalized spacial score (nSPS) is 12.0. The minimum Gasteiger partial charge on any atom is -0.455 e. The van der Waals surface area contributed by atoms with Crippen molar-refractivity contribution in [1.82, 2.24) is 9.78 Å². The summed E-state index contributed by atoms with van der Waals surface area (Å²) in [6.07, 6.45) is 1.20. The number of rotatable bonds is 2. The monoisotopic (exact) mass is 225 g/mol. The number of carbonyl (C=O) groups is 1. The van der Waals surface area contributed by atoms with Crippen molar-refractivity contribution in [2.24, 2.45) is 12.2 Å². The van der Waals surface area contributed by atoms with Gasteiger partial charge in [0.25, 0.3) is 0 Å². The molecule has 0 unspecified atom stereocenters. The van der Waals surface area contributed by atoms with Gasteiger partial charge in [-0.3, -0.25) is 4.68 Å². The Hall–Kier alpha value is -1.85. The molecule has 1 aromatic rings. The number of aromatic nitrogens is 2. The first-order valence-electron chi connectivity index (χ1n) is 4.78. The molecule has 0 aliphatic carbocycles. The fraction of sp³-hybridized carbons (Fsp3) is 0.500. The largest absolute Gasteiger partial charge is 0.455 e. The molecular formula is C10H15N3O3. The van der Waals surface area contributed by atoms with Gasteiger partial charge in [0.05, 0.1) is 11.9 Å². The Balaban J connectivity index is 2.89. The highest BCUT2D eigenvalue weighted by Gasteiger charge is 2.20. The summed E-state index contributed by atoms with van der Waals surface area (Å²) >= 11 is 0. The minimum atomic E-state index is -0.556. The summed E-state index contributed by atoms with van der Waals surface area (Å²) in [5.74, 6) is -0.499. The molecule has 6 heteroatoms. The molecule has 1 aromatic heterocycles. The molecule has 0 bridgehead atoms. The number of hydrogen-bond acceptors (Lipinski definition) is 5. The molecule has 16 heavy (non-hydrogen) atoms. The van der Waals surface area contributed by atoms with Crippen LogP contribution in [0.3, 0.4) is 0 Å². The van der Waals surface area contributed by atoms with Gasteiger partial charge in [-0.2, -0.15) is 5.10 Å². The lowest BCUT2D eigenvalue weighted by atomic mass is 10.2. The SMILES string of the molecule is Cn1nc(C(=O)OC(C)(C)C)cc1/C=N/O. The van der Waals surface area contributed by atoms with Gasteiger partial charge in [0.2, 0.25) is 0 Å². The third-order valence-corrected chi connectivity index (χ3v) is 1.71. The van der Waals surface area contributed by atoms with E-state index in [1.807, 2.05) is 0 Å². The highest BCUT2D eigenvalue weighted by Crippen LogP contribution is 2.11. The summed E-state index contributed by atoms with van der Waals surface area (Å²) in [4.78, 5) is 11.6. The second-order valence-corrected chi connectivity index (χ2v) is 4.32. The van der Waals surface area contributed by atoms with Crippen LogP contribution in [-0.4, -0.2) is 32.8 Å². The Morgan fingerprint density at radius 2 is 2.25 bits per heavy atom. The first kappa shape index (κ1) is 12.2. The second-order valence-electron chi connectivity index (χ2n) is 4.32. The van der Waals surface area contributed by atoms with Gasteiger partial charge < -0.3 is 9.94 Å². The summed E-state index contributed by atoms with van der Waals surface area (Å²) in [6.45, 7) is 5.35. The molecule has 0 atom stereocenters. The first-order chi connectivity index (χ1) is 7.33. The van der Waals surface area contributed by atoms with Crippen LogP contribution in [0.1, 0.15) is 37.0 Å². The average molecular weight is 225 g/mol. The Morgan fingerprint density at radius 3 is 2.75 bits per heavy atom. The maximum atomic E-state index is 11.6. The van der Waals surface area contributed by atoms with Gasteiger partial charge in [0.1, 0.15) is 5.60 Å². The van der Waals surface area contributed by atoms with Gasteiger partial charge in [-0.15, -0.1) is 0 Å². The van der Waals surface area contributed by atoms with Crippen LogP contribution in [0.2, 0.25) is 0 Å². The summed E-state index contributed by atoms with van der Waals surface area (Å²) in [7, 11) is 1.64. The maximum Gasteiger partial charge on any atom is 0.359 e. The average Bonchev–Trinajstić information content (AvgIpc) is 2.46. The number of nitrogens with zero attached hydrogens (tertiary/aromatic N) is 3. The quantitative estimate of drug-likeness (QED) is 0.355. The zero-order valence-electron chi connectivity index (χ0n) is 9.76. The summed E-state index contributed by atoms with van der Waals surface area (Å²) in [6, 6.07) is 1.49. The number of aryl methyl sites for hydroxylation is 1. The van der Waals surface area contributed by atoms with Crippen LogP contribution in [0.5, 0.6) is 0 Å². The van der Waals surface area contributed by atoms with E-state index in [1.54, 1.807) is 27.8 Å². The Bertz CT molecular complexity index is 415. The molecule has 0 amide bonds. The molecule has 0 aromatic carbocycles. The fourth-order valence-electron chi connectivity index (χ4n) is 1.09. The highest BCUT2D eigenvalue weighted by molar-refractivity contribution is 5.90. The molecule has 1 N–H and O–H groups in total. The second kappa shape index (κ2) is 4.34. The van der Waals surface area contributed by atoms with Crippen molar-refractivity contribution < 1.29 is 14.7 Å². The van der Waals surface area contributed by atoms with Crippen LogP contribution in [0.25, 0.3) is 0 Å². The zero-order valence-corrected chi connectivity index (χ0v) is 9.76. The van der Waals surface area contributed by atoms with E-state index in [4.69, 9.17) is 9.94 Å². The molecular weight excluding hydrogens is 210 g/mol. The van der Waals surface area contributed by atoms with Crippen molar-refractivity contribution in [2.75, 3.05) is 0 Å². The van der Waals surface area contributed by atoms with Gasteiger partial charge in [0.15, 0.2) is 5.69 Å². The summed E-state index contributed by atoms with van der Waals surface area (Å²) < 4.78 is 6.58. The van der Waals surface area contributed by atoms with Gasteiger partial charge in [-0.1, -0.05) is 5.16 Å². The Morgan fingerprint density at radius 1 is 1.62 bits per heavy atom. The van der Waals surface area contributed by atoms with E-state index < -0.39 is 11.6 Å². The standard InChI is InChI=1S/C10H15N3O3/c1-10(2,3)16-9(14)8-5-7(6-11-15)13(4)12-8/h5-6,15H,1-4H3/b11-6+. The smallest absolute Gasteiger partial charge is 0.359 e. The molecule has 0 saturated carbocycles. The van der Waals surface area contributed by atoms with E-state index in [9.17, 15) is 4.79 Å². The summed E-state index contributed by atoms with van der Waals surface area (Å²) in [5.41, 5.74) is 0.149. The van der Waals surface area contributed by atoms with Crippen molar-refractivity contribution in [3.05, 3.63) is 17.5 Å². The molecule has 0 aliphatic heterocycles. The molecule has 0 spiro atoms. The Kier molecular flexibility index (Phi) is 3.31. The molecule has 1 heterocycles. The molecule has 6 nitrogen and oxygen atoms in total. The van der Waals surface area contributed by atoms with E-state index in [2.05, 4.69) is 10.3 Å². The van der Waals surface area contributed by atoms with Gasteiger partial charge in [0, 0.05) is 13.1 Å². The van der Waals surface area contributed by atoms with Crippen LogP contribution < -0.4 is 0 Å². The van der Waals surface area contributed by atoms with Crippen LogP contribution in [0.4, 0.5) is 0 Å². The minimum absolute atomic E-state index is 0.187. The van der Waals surface area contributed by atoms with Crippen LogP contribution in [0.15, 0.2) is 11.2 Å². The van der Waals surface area contributed by atoms with Crippen molar-refractivity contribution >= 4 is 12.2 Å². The van der Waals surface area contributed by atoms with Crippen molar-refractivity contribution in [3.8, 4) is 0 Å². The van der Waals surface area contributed by atoms with Crippen LogP contribution in [-0.2, 0) is 11.8 Å². The molecule has 0 aliphatic rings. The Labute approximate surface area is 93.5 Å². The fourth-order valence-corrected chi connectivity index (χ4v) is 1.09. The van der Waals surface area contributed by atoms with Gasteiger partial charge in [-0.05, 0) is 20.8 Å². The van der Waals surface area contributed by atoms with Gasteiger partial charge in [-0.25, -0.2) is 4.79 Å². The van der Waals surface area contributed by atoms with E-state index in [0.717, 1.165) is 0 Å². The number of hydrogen-bond donors (Lipinski definition) is 1. The predicted molar refractivity (Wildman–Crippen MR) is 57.8 cm³/mol. The summed E-state index contributed by atoms with van der Waals surface area (Å²) in [5, 5.41) is 15.2. The lowest BCUT2D eigenvalue weighted by molar-refractivity contribution is 0.00620. The molecule has 0 radical (unpaired) electrons. The van der Waals surface area contributed by atoms with E-state index >= 15 is 0 Å². The van der Waals surface area contributed by atoms with Crippen molar-refractivity contribution in [2.45, 2.75) is 26.4 Å². The lowest BCUT2D eigenvalue weighted by Gasteiger charge is -2.18. The zero-order chi connectivity index (χ0) is 12.3. The van der Waals surface area contributed by atoms with Crippen LogP contribution in [0, 0.1) is 0 Å². The van der Waals surface area contributed by atoms with Crippen LogP contribution >= 0.6 is 0 Å². The van der Waals surface area contributed by atoms with Crippen molar-refractivity contribution in [1.29, 1.82) is 0 Å². The maximum absolute atomic E-state index is 11.6. The molecule has 88 valence electrons. The molecule has 0 fully saturated rings. The first-order valence-corrected chi connectivity index (χ1v) is 4.78. The van der Waals surface area contributed by atoms with E-state index in [1.165, 1.54) is 17.0 Å². The number of carbonyl (C=O) groups excluding carboxylic acids is 1. The number of oxime groups is 1. The highest BCUT2D eigenvalue weighted by atomic mass is 16.6.